The van der Waals surface area contributed by atoms with Crippen LogP contribution in [0.2, 0.25) is 0 Å². The highest BCUT2D eigenvalue weighted by Crippen LogP contribution is 2.23. The van der Waals surface area contributed by atoms with E-state index < -0.39 is 5.54 Å². The van der Waals surface area contributed by atoms with Crippen LogP contribution < -0.4 is 15.6 Å². The Kier molecular flexibility index (Phi) is 5.41. The van der Waals surface area contributed by atoms with E-state index in [0.29, 0.717) is 18.0 Å². The summed E-state index contributed by atoms with van der Waals surface area (Å²) in [5.74, 6) is 0.400. The monoisotopic (exact) mass is 383 g/mol. The first-order valence-electron chi connectivity index (χ1n) is 8.48. The summed E-state index contributed by atoms with van der Waals surface area (Å²) >= 11 is 1.53. The molecule has 3 rings (SSSR count). The van der Waals surface area contributed by atoms with Crippen LogP contribution in [0.4, 0.5) is 0 Å². The first kappa shape index (κ1) is 18.8. The summed E-state index contributed by atoms with van der Waals surface area (Å²) in [4.78, 5) is 26.1. The fraction of sp³-hybridized carbons (Fsp3) is 0.250. The average molecular weight is 383 g/mol. The minimum atomic E-state index is -1.15. The van der Waals surface area contributed by atoms with Gasteiger partial charge in [0.2, 0.25) is 5.91 Å². The number of rotatable bonds is 6. The van der Waals surface area contributed by atoms with Gasteiger partial charge in [0.15, 0.2) is 0 Å². The van der Waals surface area contributed by atoms with Crippen molar-refractivity contribution in [2.24, 2.45) is 0 Å². The normalized spacial score (nSPS) is 11.2. The van der Waals surface area contributed by atoms with Gasteiger partial charge in [0.1, 0.15) is 17.0 Å². The van der Waals surface area contributed by atoms with Gasteiger partial charge < -0.3 is 10.1 Å². The predicted molar refractivity (Wildman–Crippen MR) is 106 cm³/mol. The number of aromatic nitrogens is 2. The summed E-state index contributed by atoms with van der Waals surface area (Å²) < 4.78 is 6.54. The standard InChI is InChI=1S/C20H21N3O3S/c1-20(2,19(25)21-13-14-7-4-5-8-16(14)26-3)23-18(24)11-10-15(22-23)17-9-6-12-27-17/h4-12H,13H2,1-3H3,(H,21,25). The predicted octanol–water partition coefficient (Wildman–Crippen LogP) is 3.03. The molecule has 0 aliphatic heterocycles. The molecule has 3 aromatic rings. The molecule has 0 atom stereocenters. The molecule has 0 saturated heterocycles. The molecule has 0 unspecified atom stereocenters. The Morgan fingerprint density at radius 1 is 1.19 bits per heavy atom. The molecule has 0 radical (unpaired) electrons. The van der Waals surface area contributed by atoms with E-state index >= 15 is 0 Å². The maximum absolute atomic E-state index is 12.8. The van der Waals surface area contributed by atoms with Crippen LogP contribution in [0, 0.1) is 0 Å². The van der Waals surface area contributed by atoms with E-state index in [4.69, 9.17) is 4.74 Å². The highest BCUT2D eigenvalue weighted by atomic mass is 32.1. The third kappa shape index (κ3) is 3.93. The third-order valence-corrected chi connectivity index (χ3v) is 5.18. The molecule has 27 heavy (non-hydrogen) atoms. The maximum Gasteiger partial charge on any atom is 0.267 e. The Balaban J connectivity index is 1.84. The quantitative estimate of drug-likeness (QED) is 0.710. The summed E-state index contributed by atoms with van der Waals surface area (Å²) in [7, 11) is 1.59. The third-order valence-electron chi connectivity index (χ3n) is 4.29. The number of methoxy groups -OCH3 is 1. The van der Waals surface area contributed by atoms with Gasteiger partial charge in [-0.05, 0) is 37.4 Å². The topological polar surface area (TPSA) is 73.2 Å². The van der Waals surface area contributed by atoms with E-state index in [0.717, 1.165) is 10.4 Å². The van der Waals surface area contributed by atoms with Gasteiger partial charge in [0, 0.05) is 18.2 Å². The van der Waals surface area contributed by atoms with Crippen LogP contribution in [0.3, 0.4) is 0 Å². The fourth-order valence-electron chi connectivity index (χ4n) is 2.70. The lowest BCUT2D eigenvalue weighted by Gasteiger charge is -2.25. The number of ether oxygens (including phenoxy) is 1. The van der Waals surface area contributed by atoms with Crippen molar-refractivity contribution in [2.75, 3.05) is 7.11 Å². The molecule has 2 aromatic heterocycles. The van der Waals surface area contributed by atoms with Crippen molar-refractivity contribution in [2.45, 2.75) is 25.9 Å². The number of para-hydroxylation sites is 1. The molecular weight excluding hydrogens is 362 g/mol. The molecule has 140 valence electrons. The number of hydrogen-bond acceptors (Lipinski definition) is 5. The van der Waals surface area contributed by atoms with Gasteiger partial charge in [-0.25, -0.2) is 4.68 Å². The molecule has 0 aliphatic rings. The fourth-order valence-corrected chi connectivity index (χ4v) is 3.39. The minimum Gasteiger partial charge on any atom is -0.496 e. The molecule has 6 nitrogen and oxygen atoms in total. The molecule has 1 amide bonds. The van der Waals surface area contributed by atoms with Crippen molar-refractivity contribution in [3.63, 3.8) is 0 Å². The second kappa shape index (κ2) is 7.75. The molecule has 7 heteroatoms. The first-order valence-corrected chi connectivity index (χ1v) is 9.36. The summed E-state index contributed by atoms with van der Waals surface area (Å²) in [6.45, 7) is 3.65. The number of hydrogen-bond donors (Lipinski definition) is 1. The lowest BCUT2D eigenvalue weighted by atomic mass is 10.0. The number of nitrogens with one attached hydrogen (secondary N) is 1. The van der Waals surface area contributed by atoms with Crippen molar-refractivity contribution in [3.8, 4) is 16.3 Å². The Labute approximate surface area is 161 Å². The molecule has 2 heterocycles. The van der Waals surface area contributed by atoms with Crippen LogP contribution in [0.15, 0.2) is 58.7 Å². The zero-order valence-electron chi connectivity index (χ0n) is 15.4. The number of carbonyl (C=O) groups excluding carboxylic acids is 1. The van der Waals surface area contributed by atoms with Crippen LogP contribution in [-0.4, -0.2) is 22.8 Å². The van der Waals surface area contributed by atoms with Gasteiger partial charge in [-0.3, -0.25) is 9.59 Å². The zero-order valence-corrected chi connectivity index (χ0v) is 16.2. The number of benzene rings is 1. The Hall–Kier alpha value is -2.93. The highest BCUT2D eigenvalue weighted by Gasteiger charge is 2.32. The molecule has 1 aromatic carbocycles. The van der Waals surface area contributed by atoms with E-state index in [1.54, 1.807) is 27.0 Å². The van der Waals surface area contributed by atoms with Crippen molar-refractivity contribution in [1.82, 2.24) is 15.1 Å². The summed E-state index contributed by atoms with van der Waals surface area (Å²) in [6, 6.07) is 14.4. The van der Waals surface area contributed by atoms with Gasteiger partial charge in [-0.1, -0.05) is 24.3 Å². The number of amides is 1. The number of nitrogens with zero attached hydrogens (tertiary/aromatic N) is 2. The molecule has 0 aliphatic carbocycles. The van der Waals surface area contributed by atoms with E-state index in [2.05, 4.69) is 10.4 Å². The van der Waals surface area contributed by atoms with E-state index in [-0.39, 0.29) is 11.5 Å². The van der Waals surface area contributed by atoms with Gasteiger partial charge in [0.25, 0.3) is 5.56 Å². The number of thiophene rings is 1. The molecule has 1 N–H and O–H groups in total. The Morgan fingerprint density at radius 3 is 2.67 bits per heavy atom. The van der Waals surface area contributed by atoms with E-state index in [1.165, 1.54) is 22.1 Å². The average Bonchev–Trinajstić information content (AvgIpc) is 3.21. The Bertz CT molecular complexity index is 994. The molecule has 0 spiro atoms. The van der Waals surface area contributed by atoms with Crippen LogP contribution in [0.25, 0.3) is 10.6 Å². The van der Waals surface area contributed by atoms with Crippen molar-refractivity contribution in [1.29, 1.82) is 0 Å². The lowest BCUT2D eigenvalue weighted by Crippen LogP contribution is -2.49. The Morgan fingerprint density at radius 2 is 1.96 bits per heavy atom. The van der Waals surface area contributed by atoms with Crippen molar-refractivity contribution < 1.29 is 9.53 Å². The smallest absolute Gasteiger partial charge is 0.267 e. The molecule has 0 saturated carbocycles. The van der Waals surface area contributed by atoms with Gasteiger partial charge in [-0.15, -0.1) is 11.3 Å². The van der Waals surface area contributed by atoms with Gasteiger partial charge in [-0.2, -0.15) is 5.10 Å². The lowest BCUT2D eigenvalue weighted by molar-refractivity contribution is -0.129. The molecule has 0 fully saturated rings. The molecule has 0 bridgehead atoms. The van der Waals surface area contributed by atoms with Crippen LogP contribution >= 0.6 is 11.3 Å². The van der Waals surface area contributed by atoms with Crippen LogP contribution in [-0.2, 0) is 16.9 Å². The first-order chi connectivity index (χ1) is 12.9. The second-order valence-corrected chi connectivity index (χ2v) is 7.45. The van der Waals surface area contributed by atoms with Gasteiger partial charge in [0.05, 0.1) is 12.0 Å². The van der Waals surface area contributed by atoms with Crippen molar-refractivity contribution >= 4 is 17.2 Å². The number of carbonyl (C=O) groups is 1. The van der Waals surface area contributed by atoms with Crippen LogP contribution in [0.5, 0.6) is 5.75 Å². The SMILES string of the molecule is COc1ccccc1CNC(=O)C(C)(C)n1nc(-c2cccs2)ccc1=O. The van der Waals surface area contributed by atoms with E-state index in [9.17, 15) is 9.59 Å². The summed E-state index contributed by atoms with van der Waals surface area (Å²) in [6.07, 6.45) is 0. The maximum atomic E-state index is 12.8. The summed E-state index contributed by atoms with van der Waals surface area (Å²) in [5.41, 5.74) is 0.0477. The van der Waals surface area contributed by atoms with E-state index in [1.807, 2.05) is 41.8 Å². The second-order valence-electron chi connectivity index (χ2n) is 6.50. The van der Waals surface area contributed by atoms with Gasteiger partial charge >= 0.3 is 0 Å². The molecular formula is C20H21N3O3S. The minimum absolute atomic E-state index is 0.297. The zero-order chi connectivity index (χ0) is 19.4. The van der Waals surface area contributed by atoms with Crippen LogP contribution in [0.1, 0.15) is 19.4 Å². The largest absolute Gasteiger partial charge is 0.496 e. The van der Waals surface area contributed by atoms with Crippen molar-refractivity contribution in [3.05, 3.63) is 69.8 Å². The highest BCUT2D eigenvalue weighted by molar-refractivity contribution is 7.13. The summed E-state index contributed by atoms with van der Waals surface area (Å²) in [5, 5.41) is 9.25.